The molecule has 0 bridgehead atoms. The van der Waals surface area contributed by atoms with Crippen LogP contribution < -0.4 is 5.32 Å². The third-order valence-corrected chi connectivity index (χ3v) is 2.80. The van der Waals surface area contributed by atoms with Gasteiger partial charge in [0.1, 0.15) is 5.82 Å². The van der Waals surface area contributed by atoms with E-state index in [4.69, 9.17) is 5.26 Å². The second-order valence-electron chi connectivity index (χ2n) is 4.17. The molecule has 5 nitrogen and oxygen atoms in total. The van der Waals surface area contributed by atoms with E-state index in [1.54, 1.807) is 7.05 Å². The van der Waals surface area contributed by atoms with Crippen molar-refractivity contribution in [1.29, 1.82) is 5.26 Å². The summed E-state index contributed by atoms with van der Waals surface area (Å²) in [4.78, 5) is 4.42. The largest absolute Gasteiger partial charge is 0.390 e. The van der Waals surface area contributed by atoms with Crippen molar-refractivity contribution in [3.05, 3.63) is 30.1 Å². The molecule has 1 heterocycles. The van der Waals surface area contributed by atoms with Gasteiger partial charge in [-0.3, -0.25) is 0 Å². The average molecular weight is 244 g/mol. The van der Waals surface area contributed by atoms with Crippen LogP contribution in [0.1, 0.15) is 5.82 Å². The summed E-state index contributed by atoms with van der Waals surface area (Å²) in [5, 5.41) is 21.6. The van der Waals surface area contributed by atoms with Crippen molar-refractivity contribution in [2.75, 3.05) is 13.6 Å². The molecule has 2 aromatic rings. The molecule has 0 amide bonds. The van der Waals surface area contributed by atoms with Crippen molar-refractivity contribution in [3.8, 4) is 6.07 Å². The predicted molar refractivity (Wildman–Crippen MR) is 69.0 cm³/mol. The Morgan fingerprint density at radius 1 is 1.50 bits per heavy atom. The fraction of sp³-hybridized carbons (Fsp3) is 0.385. The number of nitriles is 1. The van der Waals surface area contributed by atoms with Gasteiger partial charge in [0.2, 0.25) is 0 Å². The van der Waals surface area contributed by atoms with E-state index < -0.39 is 6.10 Å². The van der Waals surface area contributed by atoms with Crippen LogP contribution in [-0.4, -0.2) is 34.4 Å². The molecule has 5 heteroatoms. The summed E-state index contributed by atoms with van der Waals surface area (Å²) in [6.45, 7) is 0.955. The van der Waals surface area contributed by atoms with E-state index in [0.29, 0.717) is 18.9 Å². The lowest BCUT2D eigenvalue weighted by Gasteiger charge is -2.13. The third kappa shape index (κ3) is 2.50. The summed E-state index contributed by atoms with van der Waals surface area (Å²) < 4.78 is 1.92. The lowest BCUT2D eigenvalue weighted by atomic mass is 10.3. The van der Waals surface area contributed by atoms with Crippen LogP contribution in [0.3, 0.4) is 0 Å². The van der Waals surface area contributed by atoms with Gasteiger partial charge in [0, 0.05) is 6.54 Å². The standard InChI is InChI=1S/C13H16N4O/c1-15-8-10(18)9-17-12-5-3-2-4-11(12)16-13(17)6-7-14/h2-5,10,15,18H,6,8-9H2,1H3. The summed E-state index contributed by atoms with van der Waals surface area (Å²) in [6, 6.07) is 9.83. The number of hydrogen-bond donors (Lipinski definition) is 2. The van der Waals surface area contributed by atoms with Crippen molar-refractivity contribution in [1.82, 2.24) is 14.9 Å². The fourth-order valence-electron chi connectivity index (χ4n) is 2.05. The zero-order valence-corrected chi connectivity index (χ0v) is 10.3. The SMILES string of the molecule is CNCC(O)Cn1c(CC#N)nc2ccccc21. The molecular weight excluding hydrogens is 228 g/mol. The Kier molecular flexibility index (Phi) is 3.92. The summed E-state index contributed by atoms with van der Waals surface area (Å²) in [5.74, 6) is 0.703. The number of nitrogens with zero attached hydrogens (tertiary/aromatic N) is 3. The van der Waals surface area contributed by atoms with Gasteiger partial charge in [-0.1, -0.05) is 12.1 Å². The number of fused-ring (bicyclic) bond motifs is 1. The molecule has 0 spiro atoms. The van der Waals surface area contributed by atoms with Gasteiger partial charge in [-0.25, -0.2) is 4.98 Å². The second kappa shape index (κ2) is 5.63. The molecule has 0 fully saturated rings. The zero-order chi connectivity index (χ0) is 13.0. The number of likely N-dealkylation sites (N-methyl/N-ethyl adjacent to an activating group) is 1. The van der Waals surface area contributed by atoms with Crippen LogP contribution in [0.15, 0.2) is 24.3 Å². The smallest absolute Gasteiger partial charge is 0.124 e. The summed E-state index contributed by atoms with van der Waals surface area (Å²) >= 11 is 0. The van der Waals surface area contributed by atoms with Crippen LogP contribution in [0.4, 0.5) is 0 Å². The molecule has 0 saturated carbocycles. The number of aromatic nitrogens is 2. The van der Waals surface area contributed by atoms with Gasteiger partial charge in [-0.2, -0.15) is 5.26 Å². The zero-order valence-electron chi connectivity index (χ0n) is 10.3. The minimum atomic E-state index is -0.495. The minimum Gasteiger partial charge on any atom is -0.390 e. The quantitative estimate of drug-likeness (QED) is 0.811. The topological polar surface area (TPSA) is 73.9 Å². The van der Waals surface area contributed by atoms with Crippen LogP contribution in [0.25, 0.3) is 11.0 Å². The maximum Gasteiger partial charge on any atom is 0.124 e. The van der Waals surface area contributed by atoms with E-state index in [2.05, 4.69) is 16.4 Å². The predicted octanol–water partition coefficient (Wildman–Crippen LogP) is 0.683. The highest BCUT2D eigenvalue weighted by atomic mass is 16.3. The van der Waals surface area contributed by atoms with Crippen molar-refractivity contribution in [2.24, 2.45) is 0 Å². The Balaban J connectivity index is 2.39. The highest BCUT2D eigenvalue weighted by Gasteiger charge is 2.13. The molecule has 0 radical (unpaired) electrons. The van der Waals surface area contributed by atoms with Crippen LogP contribution in [-0.2, 0) is 13.0 Å². The number of rotatable bonds is 5. The highest BCUT2D eigenvalue weighted by Crippen LogP contribution is 2.16. The number of hydrogen-bond acceptors (Lipinski definition) is 4. The van der Waals surface area contributed by atoms with Crippen LogP contribution >= 0.6 is 0 Å². The van der Waals surface area contributed by atoms with E-state index in [0.717, 1.165) is 11.0 Å². The molecule has 0 aliphatic rings. The Hall–Kier alpha value is -1.90. The normalized spacial score (nSPS) is 12.5. The van der Waals surface area contributed by atoms with Gasteiger partial charge < -0.3 is 15.0 Å². The first-order chi connectivity index (χ1) is 8.76. The first-order valence-corrected chi connectivity index (χ1v) is 5.90. The first-order valence-electron chi connectivity index (χ1n) is 5.90. The maximum absolute atomic E-state index is 9.88. The van der Waals surface area contributed by atoms with Gasteiger partial charge in [0.15, 0.2) is 0 Å². The lowest BCUT2D eigenvalue weighted by molar-refractivity contribution is 0.154. The molecule has 94 valence electrons. The maximum atomic E-state index is 9.88. The minimum absolute atomic E-state index is 0.251. The number of nitrogens with one attached hydrogen (secondary N) is 1. The third-order valence-electron chi connectivity index (χ3n) is 2.80. The number of para-hydroxylation sites is 2. The lowest BCUT2D eigenvalue weighted by Crippen LogP contribution is -2.28. The van der Waals surface area contributed by atoms with Crippen LogP contribution in [0.5, 0.6) is 0 Å². The van der Waals surface area contributed by atoms with Crippen LogP contribution in [0.2, 0.25) is 0 Å². The highest BCUT2D eigenvalue weighted by molar-refractivity contribution is 5.76. The van der Waals surface area contributed by atoms with Crippen molar-refractivity contribution >= 4 is 11.0 Å². The Labute approximate surface area is 106 Å². The van der Waals surface area contributed by atoms with Gasteiger partial charge in [0.25, 0.3) is 0 Å². The second-order valence-corrected chi connectivity index (χ2v) is 4.17. The van der Waals surface area contributed by atoms with E-state index in [-0.39, 0.29) is 6.42 Å². The summed E-state index contributed by atoms with van der Waals surface area (Å²) in [5.41, 5.74) is 1.82. The summed E-state index contributed by atoms with van der Waals surface area (Å²) in [6.07, 6.45) is -0.244. The van der Waals surface area contributed by atoms with Gasteiger partial charge >= 0.3 is 0 Å². The molecule has 1 atom stereocenters. The molecule has 2 N–H and O–H groups in total. The molecule has 0 aliphatic carbocycles. The van der Waals surface area contributed by atoms with E-state index in [1.165, 1.54) is 0 Å². The molecule has 1 aromatic carbocycles. The number of aliphatic hydroxyl groups is 1. The monoisotopic (exact) mass is 244 g/mol. The van der Waals surface area contributed by atoms with Gasteiger partial charge in [-0.05, 0) is 19.2 Å². The van der Waals surface area contributed by atoms with Crippen molar-refractivity contribution < 1.29 is 5.11 Å². The van der Waals surface area contributed by atoms with Crippen molar-refractivity contribution in [2.45, 2.75) is 19.1 Å². The fourth-order valence-corrected chi connectivity index (χ4v) is 2.05. The number of benzene rings is 1. The van der Waals surface area contributed by atoms with E-state index >= 15 is 0 Å². The molecule has 1 unspecified atom stereocenters. The molecule has 18 heavy (non-hydrogen) atoms. The van der Waals surface area contributed by atoms with E-state index in [1.807, 2.05) is 28.8 Å². The molecule has 0 aliphatic heterocycles. The molecule has 1 aromatic heterocycles. The molecule has 0 saturated heterocycles. The van der Waals surface area contributed by atoms with Gasteiger partial charge in [-0.15, -0.1) is 0 Å². The van der Waals surface area contributed by atoms with Crippen molar-refractivity contribution in [3.63, 3.8) is 0 Å². The summed E-state index contributed by atoms with van der Waals surface area (Å²) in [7, 11) is 1.80. The average Bonchev–Trinajstić information content (AvgIpc) is 2.69. The Morgan fingerprint density at radius 2 is 2.28 bits per heavy atom. The molecule has 2 rings (SSSR count). The van der Waals surface area contributed by atoms with Crippen LogP contribution in [0, 0.1) is 11.3 Å². The Morgan fingerprint density at radius 3 is 3.00 bits per heavy atom. The number of imidazole rings is 1. The number of aliphatic hydroxyl groups excluding tert-OH is 1. The Bertz CT molecular complexity index is 570. The van der Waals surface area contributed by atoms with E-state index in [9.17, 15) is 5.11 Å². The molecular formula is C13H16N4O. The van der Waals surface area contributed by atoms with Gasteiger partial charge in [0.05, 0.1) is 36.2 Å². The first kappa shape index (κ1) is 12.6.